The molecule has 7 heteroatoms. The predicted molar refractivity (Wildman–Crippen MR) is 115 cm³/mol. The normalized spacial score (nSPS) is 10.4. The van der Waals surface area contributed by atoms with Gasteiger partial charge in [-0.1, -0.05) is 48.5 Å². The summed E-state index contributed by atoms with van der Waals surface area (Å²) in [6.45, 7) is 2.28. The van der Waals surface area contributed by atoms with Crippen molar-refractivity contribution in [3.8, 4) is 10.4 Å². The predicted octanol–water partition coefficient (Wildman–Crippen LogP) is 5.22. The molecule has 0 saturated carbocycles. The molecule has 2 N–H and O–H groups in total. The molecule has 144 valence electrons. The van der Waals surface area contributed by atoms with E-state index >= 15 is 0 Å². The Labute approximate surface area is 172 Å². The molecule has 0 amide bonds. The van der Waals surface area contributed by atoms with Crippen LogP contribution in [0.3, 0.4) is 0 Å². The number of hydrogen-bond donors (Lipinski definition) is 2. The molecule has 4 nitrogen and oxygen atoms in total. The summed E-state index contributed by atoms with van der Waals surface area (Å²) in [5.74, 6) is -0.715. The van der Waals surface area contributed by atoms with Gasteiger partial charge in [-0.2, -0.15) is 0 Å². The van der Waals surface area contributed by atoms with E-state index in [0.29, 0.717) is 21.2 Å². The van der Waals surface area contributed by atoms with Gasteiger partial charge < -0.3 is 15.4 Å². The van der Waals surface area contributed by atoms with Gasteiger partial charge in [-0.3, -0.25) is 0 Å². The molecule has 1 aromatic heterocycles. The van der Waals surface area contributed by atoms with Gasteiger partial charge in [0.05, 0.1) is 12.2 Å². The molecule has 0 unspecified atom stereocenters. The summed E-state index contributed by atoms with van der Waals surface area (Å²) in [5.41, 5.74) is 1.92. The number of anilines is 1. The zero-order valence-electron chi connectivity index (χ0n) is 15.2. The monoisotopic (exact) mass is 414 g/mol. The first-order valence-corrected chi connectivity index (χ1v) is 9.95. The van der Waals surface area contributed by atoms with Gasteiger partial charge >= 0.3 is 5.97 Å². The topological polar surface area (TPSA) is 50.4 Å². The number of thiophene rings is 1. The smallest absolute Gasteiger partial charge is 0.341 e. The maximum Gasteiger partial charge on any atom is 0.341 e. The third-order valence-corrected chi connectivity index (χ3v) is 5.26. The molecule has 3 aromatic rings. The van der Waals surface area contributed by atoms with E-state index in [0.717, 1.165) is 10.4 Å². The van der Waals surface area contributed by atoms with Crippen LogP contribution in [0.25, 0.3) is 10.4 Å². The second kappa shape index (κ2) is 9.43. The lowest BCUT2D eigenvalue weighted by Gasteiger charge is -2.11. The van der Waals surface area contributed by atoms with Crippen LogP contribution >= 0.6 is 23.6 Å². The minimum absolute atomic E-state index is 0.240. The van der Waals surface area contributed by atoms with Crippen LogP contribution in [0.5, 0.6) is 0 Å². The van der Waals surface area contributed by atoms with Crippen molar-refractivity contribution in [2.45, 2.75) is 13.5 Å². The van der Waals surface area contributed by atoms with E-state index in [1.165, 1.54) is 17.4 Å². The van der Waals surface area contributed by atoms with Gasteiger partial charge in [-0.05, 0) is 36.8 Å². The van der Waals surface area contributed by atoms with Crippen molar-refractivity contribution >= 4 is 39.6 Å². The summed E-state index contributed by atoms with van der Waals surface area (Å²) in [6, 6.07) is 18.0. The van der Waals surface area contributed by atoms with Crippen molar-refractivity contribution in [3.63, 3.8) is 0 Å². The Bertz CT molecular complexity index is 974. The van der Waals surface area contributed by atoms with Crippen molar-refractivity contribution in [1.82, 2.24) is 5.32 Å². The third kappa shape index (κ3) is 4.94. The fourth-order valence-electron chi connectivity index (χ4n) is 2.55. The largest absolute Gasteiger partial charge is 0.462 e. The Kier molecular flexibility index (Phi) is 6.73. The van der Waals surface area contributed by atoms with Crippen molar-refractivity contribution in [3.05, 3.63) is 77.6 Å². The van der Waals surface area contributed by atoms with Crippen LogP contribution in [0.1, 0.15) is 22.8 Å². The highest BCUT2D eigenvalue weighted by Crippen LogP contribution is 2.35. The average molecular weight is 415 g/mol. The van der Waals surface area contributed by atoms with Crippen molar-refractivity contribution in [1.29, 1.82) is 0 Å². The number of carbonyl (C=O) groups is 1. The van der Waals surface area contributed by atoms with Crippen LogP contribution in [0.2, 0.25) is 0 Å². The van der Waals surface area contributed by atoms with E-state index in [-0.39, 0.29) is 19.0 Å². The van der Waals surface area contributed by atoms with Gasteiger partial charge in [0.15, 0.2) is 5.11 Å². The molecule has 0 aliphatic heterocycles. The van der Waals surface area contributed by atoms with Crippen LogP contribution < -0.4 is 10.6 Å². The van der Waals surface area contributed by atoms with Gasteiger partial charge in [-0.15, -0.1) is 11.3 Å². The highest BCUT2D eigenvalue weighted by Gasteiger charge is 2.19. The Morgan fingerprint density at radius 1 is 1.14 bits per heavy atom. The van der Waals surface area contributed by atoms with Gasteiger partial charge in [-0.25, -0.2) is 9.18 Å². The zero-order chi connectivity index (χ0) is 19.9. The van der Waals surface area contributed by atoms with Crippen LogP contribution in [0.15, 0.2) is 60.7 Å². The first kappa shape index (κ1) is 20.0. The Morgan fingerprint density at radius 2 is 1.86 bits per heavy atom. The number of halogens is 1. The lowest BCUT2D eigenvalue weighted by molar-refractivity contribution is 0.0528. The molecular weight excluding hydrogens is 395 g/mol. The molecule has 0 aliphatic rings. The van der Waals surface area contributed by atoms with E-state index in [4.69, 9.17) is 17.0 Å². The van der Waals surface area contributed by atoms with Crippen molar-refractivity contribution in [2.75, 3.05) is 11.9 Å². The van der Waals surface area contributed by atoms with E-state index in [9.17, 15) is 9.18 Å². The van der Waals surface area contributed by atoms with Crippen LogP contribution in [0.4, 0.5) is 9.39 Å². The average Bonchev–Trinajstić information content (AvgIpc) is 3.12. The molecule has 0 radical (unpaired) electrons. The molecule has 1 heterocycles. The summed E-state index contributed by atoms with van der Waals surface area (Å²) < 4.78 is 18.9. The number of thiocarbonyl (C=S) groups is 1. The standard InChI is InChI=1S/C21H19FN2O2S2/c1-2-26-20(25)16-12-18(14-8-4-3-5-9-14)28-19(16)24-21(27)23-13-15-10-6-7-11-17(15)22/h3-12H,2,13H2,1H3,(H2,23,24,27). The molecule has 0 fully saturated rings. The SMILES string of the molecule is CCOC(=O)c1cc(-c2ccccc2)sc1NC(=S)NCc1ccccc1F. The van der Waals surface area contributed by atoms with Gasteiger partial charge in [0.25, 0.3) is 0 Å². The quantitative estimate of drug-likeness (QED) is 0.428. The molecular formula is C21H19FN2O2S2. The second-order valence-electron chi connectivity index (χ2n) is 5.84. The summed E-state index contributed by atoms with van der Waals surface area (Å²) >= 11 is 6.73. The number of rotatable bonds is 6. The van der Waals surface area contributed by atoms with Gasteiger partial charge in [0, 0.05) is 17.0 Å². The maximum absolute atomic E-state index is 13.7. The van der Waals surface area contributed by atoms with Crippen molar-refractivity contribution < 1.29 is 13.9 Å². The number of carbonyl (C=O) groups excluding carboxylic acids is 1. The van der Waals surface area contributed by atoms with E-state index in [1.54, 1.807) is 31.2 Å². The zero-order valence-corrected chi connectivity index (χ0v) is 16.8. The highest BCUT2D eigenvalue weighted by molar-refractivity contribution is 7.80. The second-order valence-corrected chi connectivity index (χ2v) is 7.30. The minimum atomic E-state index is -0.416. The molecule has 0 aliphatic carbocycles. The molecule has 0 saturated heterocycles. The first-order valence-electron chi connectivity index (χ1n) is 8.73. The Hall–Kier alpha value is -2.77. The third-order valence-electron chi connectivity index (χ3n) is 3.91. The number of esters is 1. The van der Waals surface area contributed by atoms with E-state index < -0.39 is 5.97 Å². The van der Waals surface area contributed by atoms with Crippen LogP contribution in [0, 0.1) is 5.82 Å². The van der Waals surface area contributed by atoms with E-state index in [1.807, 2.05) is 30.3 Å². The molecule has 28 heavy (non-hydrogen) atoms. The molecule has 2 aromatic carbocycles. The maximum atomic E-state index is 13.7. The number of nitrogens with one attached hydrogen (secondary N) is 2. The van der Waals surface area contributed by atoms with Gasteiger partial charge in [0.1, 0.15) is 10.8 Å². The van der Waals surface area contributed by atoms with Gasteiger partial charge in [0.2, 0.25) is 0 Å². The molecule has 0 atom stereocenters. The number of benzene rings is 2. The molecule has 3 rings (SSSR count). The Balaban J connectivity index is 1.77. The molecule has 0 spiro atoms. The number of ether oxygens (including phenoxy) is 1. The lowest BCUT2D eigenvalue weighted by Crippen LogP contribution is -2.28. The summed E-state index contributed by atoms with van der Waals surface area (Å²) in [5, 5.41) is 6.90. The fraction of sp³-hybridized carbons (Fsp3) is 0.143. The Morgan fingerprint density at radius 3 is 2.57 bits per heavy atom. The summed E-state index contributed by atoms with van der Waals surface area (Å²) in [6.07, 6.45) is 0. The summed E-state index contributed by atoms with van der Waals surface area (Å²) in [7, 11) is 0. The molecule has 0 bridgehead atoms. The first-order chi connectivity index (χ1) is 13.6. The van der Waals surface area contributed by atoms with Crippen LogP contribution in [-0.2, 0) is 11.3 Å². The fourth-order valence-corrected chi connectivity index (χ4v) is 3.85. The lowest BCUT2D eigenvalue weighted by atomic mass is 10.1. The van der Waals surface area contributed by atoms with E-state index in [2.05, 4.69) is 10.6 Å². The highest BCUT2D eigenvalue weighted by atomic mass is 32.1. The van der Waals surface area contributed by atoms with Crippen LogP contribution in [-0.4, -0.2) is 17.7 Å². The van der Waals surface area contributed by atoms with Crippen molar-refractivity contribution in [2.24, 2.45) is 0 Å². The minimum Gasteiger partial charge on any atom is -0.462 e. The summed E-state index contributed by atoms with van der Waals surface area (Å²) in [4.78, 5) is 13.3. The number of hydrogen-bond acceptors (Lipinski definition) is 4.